The number of hydrogen-bond donors (Lipinski definition) is 0. The second-order valence-electron chi connectivity index (χ2n) is 7.10. The summed E-state index contributed by atoms with van der Waals surface area (Å²) in [5.74, 6) is 3.42. The quantitative estimate of drug-likeness (QED) is 0.737. The molecule has 142 valence electrons. The van der Waals surface area contributed by atoms with Crippen molar-refractivity contribution in [1.29, 1.82) is 0 Å². The van der Waals surface area contributed by atoms with E-state index in [4.69, 9.17) is 23.7 Å². The molecule has 0 bridgehead atoms. The number of fused-ring (bicyclic) bond motifs is 2. The summed E-state index contributed by atoms with van der Waals surface area (Å²) < 4.78 is 28.8. The average Bonchev–Trinajstić information content (AvgIpc) is 3.13. The van der Waals surface area contributed by atoms with Crippen LogP contribution in [0.3, 0.4) is 0 Å². The molecule has 0 aliphatic carbocycles. The third-order valence-corrected chi connectivity index (χ3v) is 4.72. The zero-order chi connectivity index (χ0) is 19.0. The Morgan fingerprint density at radius 3 is 2.59 bits per heavy atom. The minimum Gasteiger partial charge on any atom is -0.496 e. The normalized spacial score (nSPS) is 19.9. The van der Waals surface area contributed by atoms with Crippen LogP contribution in [-0.4, -0.2) is 26.3 Å². The smallest absolute Gasteiger partial charge is 0.231 e. The highest BCUT2D eigenvalue weighted by Gasteiger charge is 2.35. The van der Waals surface area contributed by atoms with Crippen LogP contribution < -0.4 is 23.7 Å². The van der Waals surface area contributed by atoms with Crippen molar-refractivity contribution in [3.05, 3.63) is 41.5 Å². The zero-order valence-electron chi connectivity index (χ0n) is 15.6. The second-order valence-corrected chi connectivity index (χ2v) is 7.10. The van der Waals surface area contributed by atoms with Gasteiger partial charge in [-0.1, -0.05) is 19.9 Å². The lowest BCUT2D eigenvalue weighted by molar-refractivity contribution is 0.00777. The van der Waals surface area contributed by atoms with Gasteiger partial charge in [0.2, 0.25) is 6.79 Å². The van der Waals surface area contributed by atoms with Crippen molar-refractivity contribution >= 4 is 6.29 Å². The maximum Gasteiger partial charge on any atom is 0.231 e. The molecule has 4 rings (SSSR count). The van der Waals surface area contributed by atoms with Crippen LogP contribution >= 0.6 is 0 Å². The Hall–Kier alpha value is -2.89. The largest absolute Gasteiger partial charge is 0.496 e. The van der Waals surface area contributed by atoms with E-state index in [9.17, 15) is 4.79 Å². The molecule has 0 saturated heterocycles. The first-order valence-electron chi connectivity index (χ1n) is 8.99. The molecule has 0 radical (unpaired) electrons. The SMILES string of the molecule is COc1cc2c(cc1C=O)O[C@H](CC(C)C)[C@@H](c1ccc3c(c1)OCO3)O2. The van der Waals surface area contributed by atoms with E-state index in [-0.39, 0.29) is 19.0 Å². The second kappa shape index (κ2) is 7.02. The van der Waals surface area contributed by atoms with Crippen LogP contribution in [0.2, 0.25) is 0 Å². The molecule has 2 aromatic carbocycles. The Morgan fingerprint density at radius 2 is 1.85 bits per heavy atom. The lowest BCUT2D eigenvalue weighted by Crippen LogP contribution is -2.34. The van der Waals surface area contributed by atoms with Gasteiger partial charge in [-0.2, -0.15) is 0 Å². The molecule has 0 saturated carbocycles. The van der Waals surface area contributed by atoms with Crippen molar-refractivity contribution in [1.82, 2.24) is 0 Å². The van der Waals surface area contributed by atoms with Crippen molar-refractivity contribution in [3.8, 4) is 28.7 Å². The van der Waals surface area contributed by atoms with Crippen molar-refractivity contribution in [3.63, 3.8) is 0 Å². The Balaban J connectivity index is 1.73. The Bertz CT molecular complexity index is 860. The minimum absolute atomic E-state index is 0.189. The number of ether oxygens (including phenoxy) is 5. The molecular weight excluding hydrogens is 348 g/mol. The molecule has 0 N–H and O–H groups in total. The van der Waals surface area contributed by atoms with Gasteiger partial charge in [0.1, 0.15) is 11.9 Å². The molecular formula is C21H22O6. The van der Waals surface area contributed by atoms with Gasteiger partial charge < -0.3 is 23.7 Å². The molecule has 0 fully saturated rings. The van der Waals surface area contributed by atoms with Gasteiger partial charge in [-0.15, -0.1) is 0 Å². The fourth-order valence-electron chi connectivity index (χ4n) is 3.46. The van der Waals surface area contributed by atoms with E-state index in [1.54, 1.807) is 12.1 Å². The monoisotopic (exact) mass is 370 g/mol. The van der Waals surface area contributed by atoms with Gasteiger partial charge in [0.25, 0.3) is 0 Å². The summed E-state index contributed by atoms with van der Waals surface area (Å²) in [5.41, 5.74) is 1.39. The molecule has 0 unspecified atom stereocenters. The molecule has 2 aliphatic heterocycles. The maximum absolute atomic E-state index is 11.3. The molecule has 2 aliphatic rings. The molecule has 2 aromatic rings. The summed E-state index contributed by atoms with van der Waals surface area (Å²) in [7, 11) is 1.52. The molecule has 6 heteroatoms. The average molecular weight is 370 g/mol. The number of rotatable bonds is 5. The third kappa shape index (κ3) is 3.27. The standard InChI is InChI=1S/C21H22O6/c1-12(2)6-20-21(13-4-5-15-17(7-13)25-11-24-15)27-19-9-16(23-3)14(10-22)8-18(19)26-20/h4-5,7-10,12,20-21H,6,11H2,1-3H3/t20-,21-/m1/s1. The van der Waals surface area contributed by atoms with Gasteiger partial charge in [-0.25, -0.2) is 0 Å². The minimum atomic E-state index is -0.304. The van der Waals surface area contributed by atoms with Crippen LogP contribution in [0.25, 0.3) is 0 Å². The zero-order valence-corrected chi connectivity index (χ0v) is 15.6. The molecule has 6 nitrogen and oxygen atoms in total. The molecule has 0 spiro atoms. The number of methoxy groups -OCH3 is 1. The predicted octanol–water partition coefficient (Wildman–Crippen LogP) is 4.16. The highest BCUT2D eigenvalue weighted by atomic mass is 16.7. The Kier molecular flexibility index (Phi) is 4.56. The van der Waals surface area contributed by atoms with Crippen LogP contribution in [-0.2, 0) is 0 Å². The molecule has 0 aromatic heterocycles. The highest BCUT2D eigenvalue weighted by molar-refractivity contribution is 5.81. The van der Waals surface area contributed by atoms with E-state index in [2.05, 4.69) is 13.8 Å². The predicted molar refractivity (Wildman–Crippen MR) is 98.2 cm³/mol. The van der Waals surface area contributed by atoms with Gasteiger partial charge >= 0.3 is 0 Å². The van der Waals surface area contributed by atoms with Crippen LogP contribution in [0, 0.1) is 5.92 Å². The van der Waals surface area contributed by atoms with Crippen LogP contribution in [0.15, 0.2) is 30.3 Å². The van der Waals surface area contributed by atoms with Gasteiger partial charge in [0.05, 0.1) is 12.7 Å². The number of hydrogen-bond acceptors (Lipinski definition) is 6. The third-order valence-electron chi connectivity index (χ3n) is 4.72. The van der Waals surface area contributed by atoms with Crippen LogP contribution in [0.5, 0.6) is 28.7 Å². The summed E-state index contributed by atoms with van der Waals surface area (Å²) in [6.45, 7) is 4.51. The van der Waals surface area contributed by atoms with E-state index in [1.165, 1.54) is 7.11 Å². The van der Waals surface area contributed by atoms with Gasteiger partial charge in [-0.05, 0) is 30.5 Å². The van der Waals surface area contributed by atoms with E-state index in [1.807, 2.05) is 18.2 Å². The first-order chi connectivity index (χ1) is 13.1. The molecule has 2 heterocycles. The van der Waals surface area contributed by atoms with Crippen LogP contribution in [0.1, 0.15) is 42.3 Å². The number of benzene rings is 2. The van der Waals surface area contributed by atoms with E-state index >= 15 is 0 Å². The summed E-state index contributed by atoms with van der Waals surface area (Å²) in [6, 6.07) is 9.16. The van der Waals surface area contributed by atoms with E-state index in [0.29, 0.717) is 34.5 Å². The molecule has 2 atom stereocenters. The van der Waals surface area contributed by atoms with Gasteiger partial charge in [-0.3, -0.25) is 4.79 Å². The lowest BCUT2D eigenvalue weighted by atomic mass is 9.95. The number of carbonyl (C=O) groups excluding carboxylic acids is 1. The van der Waals surface area contributed by atoms with Crippen molar-refractivity contribution in [2.24, 2.45) is 5.92 Å². The summed E-state index contributed by atoms with van der Waals surface area (Å²) in [4.78, 5) is 11.3. The van der Waals surface area contributed by atoms with Crippen molar-refractivity contribution in [2.45, 2.75) is 32.5 Å². The van der Waals surface area contributed by atoms with Crippen molar-refractivity contribution in [2.75, 3.05) is 13.9 Å². The number of carbonyl (C=O) groups is 1. The van der Waals surface area contributed by atoms with Gasteiger partial charge in [0.15, 0.2) is 35.4 Å². The van der Waals surface area contributed by atoms with E-state index in [0.717, 1.165) is 24.0 Å². The topological polar surface area (TPSA) is 63.2 Å². The summed E-state index contributed by atoms with van der Waals surface area (Å²) >= 11 is 0. The summed E-state index contributed by atoms with van der Waals surface area (Å²) in [6.07, 6.45) is 1.07. The number of aldehydes is 1. The van der Waals surface area contributed by atoms with Crippen molar-refractivity contribution < 1.29 is 28.5 Å². The highest BCUT2D eigenvalue weighted by Crippen LogP contribution is 2.45. The molecule has 27 heavy (non-hydrogen) atoms. The lowest BCUT2D eigenvalue weighted by Gasteiger charge is -2.35. The fraction of sp³-hybridized carbons (Fsp3) is 0.381. The first kappa shape index (κ1) is 17.5. The Morgan fingerprint density at radius 1 is 1.07 bits per heavy atom. The Labute approximate surface area is 157 Å². The van der Waals surface area contributed by atoms with E-state index < -0.39 is 0 Å². The summed E-state index contributed by atoms with van der Waals surface area (Å²) in [5, 5.41) is 0. The maximum atomic E-state index is 11.3. The molecule has 0 amide bonds. The first-order valence-corrected chi connectivity index (χ1v) is 8.99. The van der Waals surface area contributed by atoms with Crippen LogP contribution in [0.4, 0.5) is 0 Å². The van der Waals surface area contributed by atoms with Gasteiger partial charge in [0, 0.05) is 11.6 Å². The fourth-order valence-corrected chi connectivity index (χ4v) is 3.46.